The van der Waals surface area contributed by atoms with Crippen LogP contribution in [0, 0.1) is 16.0 Å². The Morgan fingerprint density at radius 2 is 2.04 bits per heavy atom. The summed E-state index contributed by atoms with van der Waals surface area (Å²) in [6.07, 6.45) is 3.54. The zero-order chi connectivity index (χ0) is 16.2. The number of aromatic nitrogens is 1. The smallest absolute Gasteiger partial charge is 0.316 e. The largest absolute Gasteiger partial charge is 0.460 e. The number of hydrogen-bond acceptors (Lipinski definition) is 6. The van der Waals surface area contributed by atoms with Crippen LogP contribution in [0.15, 0.2) is 48.8 Å². The van der Waals surface area contributed by atoms with Gasteiger partial charge in [0.2, 0.25) is 6.04 Å². The summed E-state index contributed by atoms with van der Waals surface area (Å²) in [6, 6.07) is 9.86. The maximum absolute atomic E-state index is 11.6. The minimum Gasteiger partial charge on any atom is -0.460 e. The summed E-state index contributed by atoms with van der Waals surface area (Å²) < 4.78 is 10.7. The van der Waals surface area contributed by atoms with Crippen molar-refractivity contribution in [3.63, 3.8) is 0 Å². The number of pyridine rings is 1. The molecule has 0 spiro atoms. The summed E-state index contributed by atoms with van der Waals surface area (Å²) in [5.74, 6) is 0.162. The number of hydrogen-bond donors (Lipinski definition) is 0. The first-order chi connectivity index (χ1) is 11.1. The molecule has 1 fully saturated rings. The molecule has 1 aromatic heterocycles. The van der Waals surface area contributed by atoms with E-state index in [0.29, 0.717) is 11.5 Å². The minimum absolute atomic E-state index is 0.0902. The molecule has 0 saturated heterocycles. The zero-order valence-corrected chi connectivity index (χ0v) is 12.1. The summed E-state index contributed by atoms with van der Waals surface area (Å²) >= 11 is 0. The van der Waals surface area contributed by atoms with Gasteiger partial charge in [-0.15, -0.1) is 0 Å². The fraction of sp³-hybridized carbons (Fsp3) is 0.250. The molecule has 118 valence electrons. The first-order valence-electron chi connectivity index (χ1n) is 7.10. The highest BCUT2D eigenvalue weighted by molar-refractivity contribution is 5.76. The Balaban J connectivity index is 1.50. The van der Waals surface area contributed by atoms with E-state index in [1.54, 1.807) is 48.8 Å². The van der Waals surface area contributed by atoms with Crippen LogP contribution in [0.2, 0.25) is 0 Å². The van der Waals surface area contributed by atoms with Gasteiger partial charge in [0, 0.05) is 17.5 Å². The highest BCUT2D eigenvalue weighted by Crippen LogP contribution is 2.34. The third kappa shape index (κ3) is 3.82. The van der Waals surface area contributed by atoms with Crippen molar-refractivity contribution in [3.8, 4) is 11.5 Å². The molecule has 7 nitrogen and oxygen atoms in total. The Hall–Kier alpha value is -2.96. The van der Waals surface area contributed by atoms with Crippen molar-refractivity contribution in [2.75, 3.05) is 0 Å². The molecule has 1 aromatic carbocycles. The fourth-order valence-electron chi connectivity index (χ4n) is 2.13. The molecular formula is C16H14N2O5. The SMILES string of the molecule is O=C(OCc1ccc(Oc2cccnc2)cc1)C1CC1[N+](=O)[O-]. The molecule has 0 bridgehead atoms. The van der Waals surface area contributed by atoms with Gasteiger partial charge in [0.05, 0.1) is 6.20 Å². The lowest BCUT2D eigenvalue weighted by atomic mass is 10.2. The lowest BCUT2D eigenvalue weighted by Crippen LogP contribution is -2.13. The molecule has 0 radical (unpaired) electrons. The second kappa shape index (κ2) is 6.43. The van der Waals surface area contributed by atoms with Gasteiger partial charge in [0.1, 0.15) is 24.0 Å². The standard InChI is InChI=1S/C16H14N2O5/c19-16(14-8-15(14)18(20)21)22-10-11-3-5-12(6-4-11)23-13-2-1-7-17-9-13/h1-7,9,14-15H,8,10H2. The van der Waals surface area contributed by atoms with Crippen molar-refractivity contribution in [2.24, 2.45) is 5.92 Å². The van der Waals surface area contributed by atoms with E-state index in [-0.39, 0.29) is 13.0 Å². The Labute approximate surface area is 132 Å². The third-order valence-electron chi connectivity index (χ3n) is 3.50. The van der Waals surface area contributed by atoms with Crippen molar-refractivity contribution in [3.05, 3.63) is 64.5 Å². The van der Waals surface area contributed by atoms with Crippen LogP contribution in [-0.4, -0.2) is 21.9 Å². The van der Waals surface area contributed by atoms with Crippen LogP contribution in [0.25, 0.3) is 0 Å². The van der Waals surface area contributed by atoms with Gasteiger partial charge in [-0.3, -0.25) is 19.9 Å². The minimum atomic E-state index is -0.780. The molecule has 1 saturated carbocycles. The van der Waals surface area contributed by atoms with Gasteiger partial charge in [-0.2, -0.15) is 0 Å². The summed E-state index contributed by atoms with van der Waals surface area (Å²) in [5, 5.41) is 10.5. The van der Waals surface area contributed by atoms with E-state index in [0.717, 1.165) is 5.56 Å². The quantitative estimate of drug-likeness (QED) is 0.462. The zero-order valence-electron chi connectivity index (χ0n) is 12.1. The molecule has 1 aliphatic rings. The highest BCUT2D eigenvalue weighted by atomic mass is 16.6. The van der Waals surface area contributed by atoms with Crippen LogP contribution >= 0.6 is 0 Å². The van der Waals surface area contributed by atoms with Crippen LogP contribution in [0.5, 0.6) is 11.5 Å². The van der Waals surface area contributed by atoms with Crippen LogP contribution in [0.1, 0.15) is 12.0 Å². The lowest BCUT2D eigenvalue weighted by Gasteiger charge is -2.07. The van der Waals surface area contributed by atoms with Crippen molar-refractivity contribution in [1.29, 1.82) is 0 Å². The monoisotopic (exact) mass is 314 g/mol. The van der Waals surface area contributed by atoms with E-state index >= 15 is 0 Å². The van der Waals surface area contributed by atoms with Crippen molar-refractivity contribution < 1.29 is 19.2 Å². The van der Waals surface area contributed by atoms with E-state index in [1.807, 2.05) is 0 Å². The molecule has 0 amide bonds. The molecule has 1 heterocycles. The third-order valence-corrected chi connectivity index (χ3v) is 3.50. The van der Waals surface area contributed by atoms with E-state index < -0.39 is 22.9 Å². The number of benzene rings is 1. The highest BCUT2D eigenvalue weighted by Gasteiger charge is 2.54. The van der Waals surface area contributed by atoms with Crippen LogP contribution in [0.4, 0.5) is 0 Å². The Morgan fingerprint density at radius 1 is 1.26 bits per heavy atom. The average molecular weight is 314 g/mol. The molecule has 7 heteroatoms. The van der Waals surface area contributed by atoms with Crippen LogP contribution in [0.3, 0.4) is 0 Å². The van der Waals surface area contributed by atoms with Gasteiger partial charge in [-0.1, -0.05) is 12.1 Å². The van der Waals surface area contributed by atoms with Gasteiger partial charge in [0.15, 0.2) is 0 Å². The molecule has 2 unspecified atom stereocenters. The van der Waals surface area contributed by atoms with E-state index in [4.69, 9.17) is 9.47 Å². The second-order valence-corrected chi connectivity index (χ2v) is 5.24. The fourth-order valence-corrected chi connectivity index (χ4v) is 2.13. The number of ether oxygens (including phenoxy) is 2. The summed E-state index contributed by atoms with van der Waals surface area (Å²) in [5.41, 5.74) is 0.787. The Bertz CT molecular complexity index is 702. The molecular weight excluding hydrogens is 300 g/mol. The van der Waals surface area contributed by atoms with Crippen LogP contribution < -0.4 is 4.74 Å². The second-order valence-electron chi connectivity index (χ2n) is 5.24. The first kappa shape index (κ1) is 15.0. The first-order valence-corrected chi connectivity index (χ1v) is 7.10. The number of carbonyl (C=O) groups is 1. The van der Waals surface area contributed by atoms with E-state index in [9.17, 15) is 14.9 Å². The average Bonchev–Trinajstić information content (AvgIpc) is 3.36. The summed E-state index contributed by atoms with van der Waals surface area (Å²) in [6.45, 7) is 0.0902. The van der Waals surface area contributed by atoms with Gasteiger partial charge >= 0.3 is 5.97 Å². The number of nitro groups is 1. The Morgan fingerprint density at radius 3 is 2.65 bits per heavy atom. The summed E-state index contributed by atoms with van der Waals surface area (Å²) in [4.78, 5) is 25.7. The molecule has 2 aromatic rings. The molecule has 2 atom stereocenters. The number of rotatable bonds is 6. The number of nitrogens with zero attached hydrogens (tertiary/aromatic N) is 2. The van der Waals surface area contributed by atoms with Gasteiger partial charge in [-0.05, 0) is 29.8 Å². The van der Waals surface area contributed by atoms with Crippen molar-refractivity contribution in [1.82, 2.24) is 4.98 Å². The molecule has 0 aliphatic heterocycles. The van der Waals surface area contributed by atoms with E-state index in [2.05, 4.69) is 4.98 Å². The summed E-state index contributed by atoms with van der Waals surface area (Å²) in [7, 11) is 0. The molecule has 0 N–H and O–H groups in total. The normalized spacial score (nSPS) is 19.0. The van der Waals surface area contributed by atoms with Gasteiger partial charge < -0.3 is 9.47 Å². The van der Waals surface area contributed by atoms with Gasteiger partial charge in [0.25, 0.3) is 0 Å². The number of carbonyl (C=O) groups excluding carboxylic acids is 1. The maximum Gasteiger partial charge on any atom is 0.316 e. The maximum atomic E-state index is 11.6. The van der Waals surface area contributed by atoms with Crippen LogP contribution in [-0.2, 0) is 16.1 Å². The van der Waals surface area contributed by atoms with E-state index in [1.165, 1.54) is 0 Å². The Kier molecular flexibility index (Phi) is 4.18. The molecule has 3 rings (SSSR count). The van der Waals surface area contributed by atoms with Crippen molar-refractivity contribution in [2.45, 2.75) is 19.1 Å². The van der Waals surface area contributed by atoms with Crippen molar-refractivity contribution >= 4 is 5.97 Å². The molecule has 23 heavy (non-hydrogen) atoms. The predicted octanol–water partition coefficient (Wildman–Crippen LogP) is 2.58. The van der Waals surface area contributed by atoms with Gasteiger partial charge in [-0.25, -0.2) is 0 Å². The number of esters is 1. The predicted molar refractivity (Wildman–Crippen MR) is 79.4 cm³/mol. The topological polar surface area (TPSA) is 91.6 Å². The molecule has 1 aliphatic carbocycles. The lowest BCUT2D eigenvalue weighted by molar-refractivity contribution is -0.497.